The molecule has 0 spiro atoms. The number of Topliss-reactive ketones (excluding diaryl/α,β-unsaturated/α-hetero) is 1. The number of carbonyl (C=O) groups is 1. The van der Waals surface area contributed by atoms with Crippen LogP contribution in [0.5, 0.6) is 5.75 Å². The minimum absolute atomic E-state index is 0. The van der Waals surface area contributed by atoms with Crippen molar-refractivity contribution in [2.45, 2.75) is 20.0 Å². The van der Waals surface area contributed by atoms with E-state index >= 15 is 0 Å². The van der Waals surface area contributed by atoms with E-state index < -0.39 is 28.8 Å². The SMILES string of the molecule is Cc1ccc2ccc3ccc(C)nc3c2n1.O=C(c1c(O)c2c3ccccc3ccc2n(-c2ccccc2)c1=O)C(F)(F)F.[Eu]. The third-order valence-electron chi connectivity index (χ3n) is 7.34. The fourth-order valence-corrected chi connectivity index (χ4v) is 5.29. The van der Waals surface area contributed by atoms with Gasteiger partial charge in [-0.1, -0.05) is 72.8 Å². The number of hydrogen-bond acceptors (Lipinski definition) is 5. The number of aromatic nitrogens is 3. The quantitative estimate of drug-likeness (QED) is 0.143. The summed E-state index contributed by atoms with van der Waals surface area (Å²) in [5.41, 5.74) is 2.03. The van der Waals surface area contributed by atoms with Gasteiger partial charge in [-0.15, -0.1) is 0 Å². The third kappa shape index (κ3) is 6.14. The predicted octanol–water partition coefficient (Wildman–Crippen LogP) is 7.99. The number of aromatic hydroxyl groups is 1. The number of para-hydroxylation sites is 1. The molecule has 0 unspecified atom stereocenters. The van der Waals surface area contributed by atoms with Crippen molar-refractivity contribution in [1.82, 2.24) is 14.5 Å². The van der Waals surface area contributed by atoms with Crippen LogP contribution < -0.4 is 5.56 Å². The van der Waals surface area contributed by atoms with Crippen molar-refractivity contribution < 1.29 is 72.4 Å². The minimum atomic E-state index is -5.30. The Morgan fingerprint density at radius 2 is 1.22 bits per heavy atom. The molecule has 0 fully saturated rings. The molecule has 4 aromatic carbocycles. The molecule has 10 heteroatoms. The number of ketones is 1. The molecule has 3 heterocycles. The first-order chi connectivity index (χ1) is 21.0. The van der Waals surface area contributed by atoms with Gasteiger partial charge < -0.3 is 5.11 Å². The Labute approximate surface area is 295 Å². The molecule has 0 bridgehead atoms. The second-order valence-corrected chi connectivity index (χ2v) is 10.3. The largest absolute Gasteiger partial charge is 0.506 e. The topological polar surface area (TPSA) is 85.1 Å². The Kier molecular flexibility index (Phi) is 9.21. The van der Waals surface area contributed by atoms with Crippen LogP contribution in [0, 0.1) is 63.2 Å². The molecule has 0 saturated carbocycles. The number of alkyl halides is 3. The van der Waals surface area contributed by atoms with E-state index in [1.54, 1.807) is 48.5 Å². The Morgan fingerprint density at radius 1 is 0.711 bits per heavy atom. The van der Waals surface area contributed by atoms with Gasteiger partial charge in [0.15, 0.2) is 0 Å². The van der Waals surface area contributed by atoms with Crippen LogP contribution in [0.4, 0.5) is 13.2 Å². The number of fused-ring (bicyclic) bond motifs is 6. The van der Waals surface area contributed by atoms with E-state index in [0.717, 1.165) is 37.8 Å². The van der Waals surface area contributed by atoms with Crippen LogP contribution in [0.1, 0.15) is 21.7 Å². The van der Waals surface area contributed by atoms with Crippen LogP contribution in [-0.2, 0) is 0 Å². The standard InChI is InChI=1S/C21H12F3NO3.C14H12N2.Eu/c22-21(23,24)19(27)17-18(26)16-14-9-5-4-6-12(14)10-11-15(16)25(20(17)28)13-7-2-1-3-8-13;1-9-3-5-11-7-8-12-6-4-10(2)16-14(12)13(11)15-9;/h1-11,26H;3-8H,1-2H3;. The van der Waals surface area contributed by atoms with Crippen LogP contribution in [0.3, 0.4) is 0 Å². The number of benzene rings is 4. The second kappa shape index (κ2) is 12.8. The fourth-order valence-electron chi connectivity index (χ4n) is 5.29. The summed E-state index contributed by atoms with van der Waals surface area (Å²) in [5, 5.41) is 14.0. The predicted molar refractivity (Wildman–Crippen MR) is 166 cm³/mol. The molecule has 0 atom stereocenters. The summed E-state index contributed by atoms with van der Waals surface area (Å²) >= 11 is 0. The third-order valence-corrected chi connectivity index (χ3v) is 7.34. The first-order valence-corrected chi connectivity index (χ1v) is 13.6. The second-order valence-electron chi connectivity index (χ2n) is 10.3. The van der Waals surface area contributed by atoms with E-state index in [1.807, 2.05) is 26.0 Å². The number of halogens is 3. The summed E-state index contributed by atoms with van der Waals surface area (Å²) in [7, 11) is 0. The maximum absolute atomic E-state index is 13.1. The summed E-state index contributed by atoms with van der Waals surface area (Å²) in [6, 6.07) is 30.4. The van der Waals surface area contributed by atoms with Gasteiger partial charge in [-0.05, 0) is 55.0 Å². The first-order valence-electron chi connectivity index (χ1n) is 13.6. The van der Waals surface area contributed by atoms with Gasteiger partial charge in [-0.2, -0.15) is 13.2 Å². The van der Waals surface area contributed by atoms with Gasteiger partial charge in [0.2, 0.25) is 0 Å². The first kappa shape index (κ1) is 32.4. The molecule has 0 aliphatic heterocycles. The number of rotatable bonds is 2. The molecular formula is C35H24EuF3N3O3. The molecule has 0 saturated heterocycles. The van der Waals surface area contributed by atoms with E-state index in [1.165, 1.54) is 18.2 Å². The van der Waals surface area contributed by atoms with Gasteiger partial charge >= 0.3 is 6.18 Å². The van der Waals surface area contributed by atoms with E-state index in [4.69, 9.17) is 0 Å². The monoisotopic (exact) mass is 744 g/mol. The molecule has 1 radical (unpaired) electrons. The maximum Gasteiger partial charge on any atom is 0.455 e. The molecule has 7 rings (SSSR count). The van der Waals surface area contributed by atoms with Crippen molar-refractivity contribution in [3.05, 3.63) is 130 Å². The number of pyridine rings is 3. The number of aryl methyl sites for hydroxylation is 2. The number of nitrogens with zero attached hydrogens (tertiary/aromatic N) is 3. The van der Waals surface area contributed by atoms with E-state index in [2.05, 4.69) is 34.2 Å². The van der Waals surface area contributed by atoms with Crippen molar-refractivity contribution in [2.75, 3.05) is 0 Å². The number of hydrogen-bond donors (Lipinski definition) is 1. The average Bonchev–Trinajstić information content (AvgIpc) is 3.01. The molecule has 1 N–H and O–H groups in total. The maximum atomic E-state index is 13.1. The van der Waals surface area contributed by atoms with Crippen molar-refractivity contribution in [2.24, 2.45) is 0 Å². The summed E-state index contributed by atoms with van der Waals surface area (Å²) in [4.78, 5) is 34.0. The van der Waals surface area contributed by atoms with Gasteiger partial charge in [0.05, 0.1) is 16.6 Å². The summed E-state index contributed by atoms with van der Waals surface area (Å²) in [6.07, 6.45) is -5.30. The Balaban J connectivity index is 0.000000200. The normalized spacial score (nSPS) is 11.3. The molecule has 0 aliphatic carbocycles. The zero-order chi connectivity index (χ0) is 31.2. The Hall–Kier alpha value is -3.99. The van der Waals surface area contributed by atoms with Gasteiger partial charge in [0, 0.05) is 82.6 Å². The molecule has 0 aliphatic rings. The van der Waals surface area contributed by atoms with Crippen LogP contribution >= 0.6 is 0 Å². The van der Waals surface area contributed by atoms with Crippen LogP contribution in [0.15, 0.2) is 108 Å². The molecule has 6 nitrogen and oxygen atoms in total. The van der Waals surface area contributed by atoms with Gasteiger partial charge in [-0.25, -0.2) is 0 Å². The molecule has 45 heavy (non-hydrogen) atoms. The Morgan fingerprint density at radius 3 is 1.80 bits per heavy atom. The van der Waals surface area contributed by atoms with Gasteiger partial charge in [-0.3, -0.25) is 24.1 Å². The van der Waals surface area contributed by atoms with Gasteiger partial charge in [0.25, 0.3) is 11.3 Å². The van der Waals surface area contributed by atoms with E-state index in [-0.39, 0.29) is 66.0 Å². The fraction of sp³-hybridized carbons (Fsp3) is 0.0857. The molecule has 225 valence electrons. The minimum Gasteiger partial charge on any atom is -0.506 e. The molecule has 7 aromatic rings. The van der Waals surface area contributed by atoms with Gasteiger partial charge in [0.1, 0.15) is 11.3 Å². The van der Waals surface area contributed by atoms with Crippen LogP contribution in [0.25, 0.3) is 49.2 Å². The Bertz CT molecular complexity index is 2240. The van der Waals surface area contributed by atoms with Crippen molar-refractivity contribution in [3.63, 3.8) is 0 Å². The van der Waals surface area contributed by atoms with Crippen molar-refractivity contribution >= 4 is 49.3 Å². The summed E-state index contributed by atoms with van der Waals surface area (Å²) in [5.74, 6) is -3.35. The smallest absolute Gasteiger partial charge is 0.455 e. The van der Waals surface area contributed by atoms with E-state index in [0.29, 0.717) is 10.8 Å². The van der Waals surface area contributed by atoms with E-state index in [9.17, 15) is 27.9 Å². The average molecular weight is 744 g/mol. The summed E-state index contributed by atoms with van der Waals surface area (Å²) < 4.78 is 40.4. The molecule has 3 aromatic heterocycles. The van der Waals surface area contributed by atoms with Crippen molar-refractivity contribution in [1.29, 1.82) is 0 Å². The van der Waals surface area contributed by atoms with Crippen LogP contribution in [0.2, 0.25) is 0 Å². The van der Waals surface area contributed by atoms with Crippen LogP contribution in [-0.4, -0.2) is 31.6 Å². The molecular weight excluding hydrogens is 719 g/mol. The zero-order valence-electron chi connectivity index (χ0n) is 23.9. The zero-order valence-corrected chi connectivity index (χ0v) is 26.4. The summed E-state index contributed by atoms with van der Waals surface area (Å²) in [6.45, 7) is 4.02. The molecule has 0 amide bonds. The van der Waals surface area contributed by atoms with Crippen molar-refractivity contribution in [3.8, 4) is 11.4 Å². The number of carbonyl (C=O) groups excluding carboxylic acids is 1.